The smallest absolute Gasteiger partial charge is 0.249 e. The van der Waals surface area contributed by atoms with E-state index in [1.807, 2.05) is 0 Å². The second-order valence-corrected chi connectivity index (χ2v) is 10.1. The summed E-state index contributed by atoms with van der Waals surface area (Å²) < 4.78 is 34.0. The highest BCUT2D eigenvalue weighted by Gasteiger charge is 2.62. The summed E-state index contributed by atoms with van der Waals surface area (Å²) in [5.74, 6) is -3.18. The third kappa shape index (κ3) is 3.30. The van der Waals surface area contributed by atoms with E-state index in [0.29, 0.717) is 0 Å². The Kier molecular flexibility index (Phi) is 4.73. The van der Waals surface area contributed by atoms with Crippen molar-refractivity contribution in [3.05, 3.63) is 35.9 Å². The van der Waals surface area contributed by atoms with Crippen LogP contribution in [0.15, 0.2) is 30.3 Å². The van der Waals surface area contributed by atoms with E-state index in [9.17, 15) is 32.5 Å². The second-order valence-electron chi connectivity index (χ2n) is 6.85. The number of rotatable bonds is 5. The minimum Gasteiger partial charge on any atom is -0.747 e. The predicted molar refractivity (Wildman–Crippen MR) is 91.9 cm³/mol. The Bertz CT molecular complexity index is 901. The van der Waals surface area contributed by atoms with Crippen LogP contribution in [-0.2, 0) is 24.5 Å². The zero-order valence-corrected chi connectivity index (χ0v) is 16.0. The number of aliphatic carboxylic acids is 1. The number of β-lactam (4-membered cyclic amide) rings is 1. The molecule has 0 aromatic heterocycles. The highest BCUT2D eigenvalue weighted by molar-refractivity contribution is 8.01. The molecule has 3 rings (SSSR count). The molecule has 4 atom stereocenters. The number of carbonyl (C=O) groups excluding carboxylic acids is 3. The summed E-state index contributed by atoms with van der Waals surface area (Å²) in [7, 11) is -5.03. The lowest BCUT2D eigenvalue weighted by molar-refractivity contribution is -0.312. The fraction of sp³-hybridized carbons (Fsp3) is 0.438. The van der Waals surface area contributed by atoms with Crippen molar-refractivity contribution in [1.29, 1.82) is 0 Å². The largest absolute Gasteiger partial charge is 0.747 e. The average molecular weight is 412 g/mol. The molecule has 146 valence electrons. The number of hydrogen-bond donors (Lipinski definition) is 1. The molecular weight excluding hydrogens is 396 g/mol. The average Bonchev–Trinajstić information content (AvgIpc) is 2.81. The summed E-state index contributed by atoms with van der Waals surface area (Å²) >= 11 is 1.16. The molecule has 1 aromatic rings. The summed E-state index contributed by atoms with van der Waals surface area (Å²) in [6.45, 7) is 3.27. The zero-order valence-electron chi connectivity index (χ0n) is 14.3. The van der Waals surface area contributed by atoms with Crippen molar-refractivity contribution in [2.24, 2.45) is 0 Å². The molecule has 2 aliphatic heterocycles. The molecule has 0 saturated carbocycles. The standard InChI is InChI=1S/C16H18N2O7S2/c1-16(2)11(15(21)22)18-13(20)9(14(18)26-16)17-12(19)10(27(23,24)25)8-6-4-3-5-7-8/h3-7,9-11,14H,1-2H3,(H,17,19)(H,21,22)(H,23,24,25)/p-2. The molecule has 2 fully saturated rings. The molecule has 2 heterocycles. The quantitative estimate of drug-likeness (QED) is 0.457. The molecule has 0 bridgehead atoms. The summed E-state index contributed by atoms with van der Waals surface area (Å²) in [4.78, 5) is 37.4. The Morgan fingerprint density at radius 1 is 1.26 bits per heavy atom. The molecular formula is C16H16N2O7S2-2. The van der Waals surface area contributed by atoms with Crippen molar-refractivity contribution in [3.8, 4) is 0 Å². The van der Waals surface area contributed by atoms with Gasteiger partial charge in [-0.15, -0.1) is 11.8 Å². The Hall–Kier alpha value is -2.11. The van der Waals surface area contributed by atoms with E-state index in [2.05, 4.69) is 5.32 Å². The first kappa shape index (κ1) is 19.6. The van der Waals surface area contributed by atoms with E-state index in [4.69, 9.17) is 0 Å². The van der Waals surface area contributed by atoms with Gasteiger partial charge in [0, 0.05) is 4.75 Å². The van der Waals surface area contributed by atoms with Gasteiger partial charge in [-0.2, -0.15) is 0 Å². The molecule has 0 aliphatic carbocycles. The van der Waals surface area contributed by atoms with Crippen molar-refractivity contribution < 1.29 is 32.5 Å². The Morgan fingerprint density at radius 2 is 1.85 bits per heavy atom. The number of nitrogens with one attached hydrogen (secondary N) is 1. The van der Waals surface area contributed by atoms with E-state index in [1.54, 1.807) is 19.9 Å². The van der Waals surface area contributed by atoms with Crippen molar-refractivity contribution in [2.75, 3.05) is 0 Å². The highest BCUT2D eigenvalue weighted by atomic mass is 32.2. The van der Waals surface area contributed by atoms with Crippen molar-refractivity contribution in [3.63, 3.8) is 0 Å². The molecule has 9 nitrogen and oxygen atoms in total. The van der Waals surface area contributed by atoms with E-state index in [0.717, 1.165) is 16.7 Å². The van der Waals surface area contributed by atoms with Gasteiger partial charge in [0.15, 0.2) is 5.25 Å². The molecule has 2 amide bonds. The van der Waals surface area contributed by atoms with Crippen molar-refractivity contribution in [1.82, 2.24) is 10.2 Å². The van der Waals surface area contributed by atoms with Gasteiger partial charge in [0.05, 0.1) is 12.0 Å². The topological polar surface area (TPSA) is 147 Å². The number of nitrogens with zero attached hydrogens (tertiary/aromatic N) is 1. The monoisotopic (exact) mass is 412 g/mol. The van der Waals surface area contributed by atoms with Gasteiger partial charge in [-0.25, -0.2) is 8.42 Å². The van der Waals surface area contributed by atoms with Crippen LogP contribution in [0.5, 0.6) is 0 Å². The van der Waals surface area contributed by atoms with E-state index in [-0.39, 0.29) is 5.56 Å². The lowest BCUT2D eigenvalue weighted by Crippen LogP contribution is -2.72. The summed E-state index contributed by atoms with van der Waals surface area (Å²) in [6, 6.07) is 4.94. The number of carboxylic acids is 1. The number of carboxylic acid groups (broad SMARTS) is 1. The molecule has 2 saturated heterocycles. The SMILES string of the molecule is CC1(C)SC2C(NC(=O)C(c3ccccc3)S(=O)(=O)[O-])C(=O)N2C1C(=O)[O-]. The third-order valence-electron chi connectivity index (χ3n) is 4.59. The van der Waals surface area contributed by atoms with Crippen LogP contribution < -0.4 is 10.4 Å². The van der Waals surface area contributed by atoms with Gasteiger partial charge in [0.25, 0.3) is 0 Å². The molecule has 0 radical (unpaired) electrons. The molecule has 0 spiro atoms. The van der Waals surface area contributed by atoms with Crippen LogP contribution in [0.4, 0.5) is 0 Å². The highest BCUT2D eigenvalue weighted by Crippen LogP contribution is 2.50. The maximum absolute atomic E-state index is 12.5. The minimum absolute atomic E-state index is 0.0133. The van der Waals surface area contributed by atoms with Crippen LogP contribution in [0.25, 0.3) is 0 Å². The maximum Gasteiger partial charge on any atom is 0.249 e. The van der Waals surface area contributed by atoms with Crippen LogP contribution in [0.2, 0.25) is 0 Å². The second kappa shape index (κ2) is 6.50. The van der Waals surface area contributed by atoms with Crippen LogP contribution in [0.3, 0.4) is 0 Å². The molecule has 2 aliphatic rings. The predicted octanol–water partition coefficient (Wildman–Crippen LogP) is -1.43. The Balaban J connectivity index is 1.83. The lowest BCUT2D eigenvalue weighted by Gasteiger charge is -2.45. The van der Waals surface area contributed by atoms with Crippen molar-refractivity contribution in [2.45, 2.75) is 41.3 Å². The molecule has 1 aromatic carbocycles. The number of amides is 2. The molecule has 4 unspecified atom stereocenters. The maximum atomic E-state index is 12.5. The summed E-state index contributed by atoms with van der Waals surface area (Å²) in [5, 5.41) is 11.0. The van der Waals surface area contributed by atoms with E-state index in [1.165, 1.54) is 24.3 Å². The Labute approximate surface area is 159 Å². The first-order valence-electron chi connectivity index (χ1n) is 7.96. The fourth-order valence-corrected chi connectivity index (χ4v) is 5.87. The fourth-order valence-electron chi connectivity index (χ4n) is 3.43. The number of carbonyl (C=O) groups is 3. The van der Waals surface area contributed by atoms with Crippen LogP contribution in [-0.4, -0.2) is 57.9 Å². The normalized spacial score (nSPS) is 27.4. The van der Waals surface area contributed by atoms with Crippen LogP contribution >= 0.6 is 11.8 Å². The van der Waals surface area contributed by atoms with Crippen molar-refractivity contribution >= 4 is 39.7 Å². The van der Waals surface area contributed by atoms with Gasteiger partial charge >= 0.3 is 0 Å². The number of hydrogen-bond acceptors (Lipinski definition) is 8. The lowest BCUT2D eigenvalue weighted by atomic mass is 9.96. The summed E-state index contributed by atoms with van der Waals surface area (Å²) in [5.41, 5.74) is -0.0133. The number of thioether (sulfide) groups is 1. The van der Waals surface area contributed by atoms with Gasteiger partial charge in [-0.05, 0) is 19.4 Å². The third-order valence-corrected chi connectivity index (χ3v) is 7.23. The first-order valence-corrected chi connectivity index (χ1v) is 10.3. The molecule has 1 N–H and O–H groups in total. The molecule has 27 heavy (non-hydrogen) atoms. The number of benzene rings is 1. The van der Waals surface area contributed by atoms with Gasteiger partial charge < -0.3 is 24.7 Å². The first-order chi connectivity index (χ1) is 12.4. The number of fused-ring (bicyclic) bond motifs is 1. The minimum atomic E-state index is -5.03. The molecule has 11 heteroatoms. The van der Waals surface area contributed by atoms with Gasteiger partial charge in [0.1, 0.15) is 21.5 Å². The van der Waals surface area contributed by atoms with Crippen LogP contribution in [0.1, 0.15) is 24.7 Å². The van der Waals surface area contributed by atoms with Crippen LogP contribution in [0, 0.1) is 0 Å². The van der Waals surface area contributed by atoms with E-state index < -0.39 is 55.4 Å². The van der Waals surface area contributed by atoms with E-state index >= 15 is 0 Å². The zero-order chi connectivity index (χ0) is 20.1. The van der Waals surface area contributed by atoms with Gasteiger partial charge in [-0.3, -0.25) is 9.59 Å². The summed E-state index contributed by atoms with van der Waals surface area (Å²) in [6.07, 6.45) is 0. The van der Waals surface area contributed by atoms with Gasteiger partial charge in [-0.1, -0.05) is 30.3 Å². The van der Waals surface area contributed by atoms with Gasteiger partial charge in [0.2, 0.25) is 11.8 Å². The Morgan fingerprint density at radius 3 is 2.37 bits per heavy atom.